The normalized spacial score (nSPS) is 10.7. The number of hydrogen-bond donors (Lipinski definition) is 2. The molecule has 3 N–H and O–H groups in total. The Labute approximate surface area is 130 Å². The summed E-state index contributed by atoms with van der Waals surface area (Å²) < 4.78 is 0. The summed E-state index contributed by atoms with van der Waals surface area (Å²) in [7, 11) is 0. The summed E-state index contributed by atoms with van der Waals surface area (Å²) in [5.74, 6) is 0.0559. The minimum Gasteiger partial charge on any atom is -0.384 e. The number of nitrogens with one attached hydrogen (secondary N) is 1. The second-order valence-electron chi connectivity index (χ2n) is 5.28. The molecule has 0 radical (unpaired) electrons. The Bertz CT molecular complexity index is 623. The lowest BCUT2D eigenvalue weighted by Gasteiger charge is -2.31. The average molecular weight is 302 g/mol. The Kier molecular flexibility index (Phi) is 4.86. The Morgan fingerprint density at radius 2 is 1.86 bits per heavy atom. The predicted molar refractivity (Wildman–Crippen MR) is 90.2 cm³/mol. The first kappa shape index (κ1) is 15.4. The summed E-state index contributed by atoms with van der Waals surface area (Å²) in [6, 6.07) is 16.0. The van der Waals surface area contributed by atoms with Gasteiger partial charge in [-0.3, -0.25) is 5.41 Å². The molecule has 2 aromatic carbocycles. The van der Waals surface area contributed by atoms with Crippen LogP contribution in [-0.2, 0) is 6.54 Å². The summed E-state index contributed by atoms with van der Waals surface area (Å²) >= 11 is 6.14. The van der Waals surface area contributed by atoms with Gasteiger partial charge in [-0.15, -0.1) is 0 Å². The molecule has 110 valence electrons. The second-order valence-corrected chi connectivity index (χ2v) is 5.72. The van der Waals surface area contributed by atoms with Gasteiger partial charge < -0.3 is 10.6 Å². The van der Waals surface area contributed by atoms with Gasteiger partial charge in [0.2, 0.25) is 0 Å². The van der Waals surface area contributed by atoms with Crippen molar-refractivity contribution in [1.82, 2.24) is 0 Å². The van der Waals surface area contributed by atoms with E-state index in [0.29, 0.717) is 10.6 Å². The fourth-order valence-electron chi connectivity index (χ4n) is 2.30. The van der Waals surface area contributed by atoms with E-state index in [1.807, 2.05) is 24.3 Å². The smallest absolute Gasteiger partial charge is 0.124 e. The fourth-order valence-corrected chi connectivity index (χ4v) is 2.46. The van der Waals surface area contributed by atoms with E-state index in [9.17, 15) is 0 Å². The monoisotopic (exact) mass is 301 g/mol. The number of benzene rings is 2. The highest BCUT2D eigenvalue weighted by atomic mass is 35.5. The second kappa shape index (κ2) is 6.64. The van der Waals surface area contributed by atoms with Crippen LogP contribution >= 0.6 is 11.6 Å². The van der Waals surface area contributed by atoms with E-state index in [4.69, 9.17) is 22.7 Å². The van der Waals surface area contributed by atoms with E-state index in [1.54, 1.807) is 12.1 Å². The molecule has 21 heavy (non-hydrogen) atoms. The van der Waals surface area contributed by atoms with Crippen molar-refractivity contribution in [2.45, 2.75) is 26.4 Å². The third-order valence-electron chi connectivity index (χ3n) is 3.38. The number of rotatable bonds is 5. The number of anilines is 1. The van der Waals surface area contributed by atoms with Gasteiger partial charge in [-0.1, -0.05) is 41.9 Å². The van der Waals surface area contributed by atoms with Gasteiger partial charge in [0.25, 0.3) is 0 Å². The van der Waals surface area contributed by atoms with Gasteiger partial charge in [0, 0.05) is 28.9 Å². The molecular weight excluding hydrogens is 282 g/mol. The van der Waals surface area contributed by atoms with Gasteiger partial charge in [-0.2, -0.15) is 0 Å². The third kappa shape index (κ3) is 3.76. The highest BCUT2D eigenvalue weighted by Gasteiger charge is 2.17. The number of hydrogen-bond acceptors (Lipinski definition) is 2. The molecule has 0 heterocycles. The lowest BCUT2D eigenvalue weighted by atomic mass is 10.1. The summed E-state index contributed by atoms with van der Waals surface area (Å²) in [5, 5.41) is 8.42. The van der Waals surface area contributed by atoms with Crippen LogP contribution in [0.15, 0.2) is 48.5 Å². The molecule has 0 bridgehead atoms. The van der Waals surface area contributed by atoms with Crippen molar-refractivity contribution in [3.63, 3.8) is 0 Å². The Morgan fingerprint density at radius 3 is 2.43 bits per heavy atom. The molecule has 0 spiro atoms. The largest absolute Gasteiger partial charge is 0.384 e. The molecule has 2 rings (SSSR count). The lowest BCUT2D eigenvalue weighted by molar-refractivity contribution is 0.682. The molecular formula is C17H20ClN3. The van der Waals surface area contributed by atoms with Crippen LogP contribution in [0.25, 0.3) is 0 Å². The van der Waals surface area contributed by atoms with Gasteiger partial charge in [0.05, 0.1) is 0 Å². The Hall–Kier alpha value is -2.00. The van der Waals surface area contributed by atoms with Crippen molar-refractivity contribution < 1.29 is 0 Å². The minimum absolute atomic E-state index is 0.0559. The summed E-state index contributed by atoms with van der Waals surface area (Å²) in [6.07, 6.45) is 0. The lowest BCUT2D eigenvalue weighted by Crippen LogP contribution is -2.32. The average Bonchev–Trinajstić information content (AvgIpc) is 2.45. The fraction of sp³-hybridized carbons (Fsp3) is 0.235. The predicted octanol–water partition coefficient (Wildman–Crippen LogP) is 4.04. The van der Waals surface area contributed by atoms with Crippen LogP contribution in [0.1, 0.15) is 25.0 Å². The first-order chi connectivity index (χ1) is 9.99. The van der Waals surface area contributed by atoms with E-state index in [0.717, 1.165) is 12.2 Å². The highest BCUT2D eigenvalue weighted by Crippen LogP contribution is 2.28. The zero-order valence-corrected chi connectivity index (χ0v) is 13.1. The van der Waals surface area contributed by atoms with Crippen LogP contribution < -0.4 is 10.6 Å². The number of amidine groups is 1. The first-order valence-corrected chi connectivity index (χ1v) is 7.31. The molecule has 3 nitrogen and oxygen atoms in total. The van der Waals surface area contributed by atoms with E-state index in [1.165, 1.54) is 5.56 Å². The molecule has 0 aliphatic carbocycles. The molecule has 0 amide bonds. The van der Waals surface area contributed by atoms with Gasteiger partial charge in [-0.05, 0) is 37.6 Å². The van der Waals surface area contributed by atoms with E-state index in [-0.39, 0.29) is 11.9 Å². The van der Waals surface area contributed by atoms with Crippen molar-refractivity contribution in [2.24, 2.45) is 5.73 Å². The molecule has 0 fully saturated rings. The minimum atomic E-state index is 0.0559. The zero-order chi connectivity index (χ0) is 15.4. The van der Waals surface area contributed by atoms with Crippen molar-refractivity contribution in [1.29, 1.82) is 5.41 Å². The Balaban J connectivity index is 2.43. The van der Waals surface area contributed by atoms with Crippen LogP contribution in [0.4, 0.5) is 5.69 Å². The molecule has 4 heteroatoms. The van der Waals surface area contributed by atoms with Crippen molar-refractivity contribution >= 4 is 23.1 Å². The maximum atomic E-state index is 7.77. The zero-order valence-electron chi connectivity index (χ0n) is 12.3. The molecule has 0 aliphatic rings. The van der Waals surface area contributed by atoms with Gasteiger partial charge in [-0.25, -0.2) is 0 Å². The van der Waals surface area contributed by atoms with Gasteiger partial charge >= 0.3 is 0 Å². The van der Waals surface area contributed by atoms with E-state index < -0.39 is 0 Å². The number of halogens is 1. The maximum Gasteiger partial charge on any atom is 0.124 e. The number of nitrogens with two attached hydrogens (primary N) is 1. The van der Waals surface area contributed by atoms with Gasteiger partial charge in [0.15, 0.2) is 0 Å². The van der Waals surface area contributed by atoms with Crippen LogP contribution in [-0.4, -0.2) is 11.9 Å². The highest BCUT2D eigenvalue weighted by molar-refractivity contribution is 6.31. The van der Waals surface area contributed by atoms with Crippen LogP contribution in [0.3, 0.4) is 0 Å². The molecule has 0 aromatic heterocycles. The van der Waals surface area contributed by atoms with E-state index >= 15 is 0 Å². The van der Waals surface area contributed by atoms with Crippen LogP contribution in [0.5, 0.6) is 0 Å². The molecule has 0 aliphatic heterocycles. The van der Waals surface area contributed by atoms with Crippen molar-refractivity contribution in [3.05, 3.63) is 64.7 Å². The quantitative estimate of drug-likeness (QED) is 0.647. The van der Waals surface area contributed by atoms with Crippen molar-refractivity contribution in [2.75, 3.05) is 4.90 Å². The SMILES string of the molecule is CC(C)N(Cc1ccccc1)c1cc(Cl)ccc1C(=N)N. The molecule has 0 saturated heterocycles. The Morgan fingerprint density at radius 1 is 1.19 bits per heavy atom. The van der Waals surface area contributed by atoms with Gasteiger partial charge in [0.1, 0.15) is 5.84 Å². The van der Waals surface area contributed by atoms with Crippen molar-refractivity contribution in [3.8, 4) is 0 Å². The first-order valence-electron chi connectivity index (χ1n) is 6.93. The summed E-state index contributed by atoms with van der Waals surface area (Å²) in [4.78, 5) is 2.21. The summed E-state index contributed by atoms with van der Waals surface area (Å²) in [5.41, 5.74) is 8.53. The molecule has 0 saturated carbocycles. The summed E-state index contributed by atoms with van der Waals surface area (Å²) in [6.45, 7) is 4.99. The third-order valence-corrected chi connectivity index (χ3v) is 3.61. The van der Waals surface area contributed by atoms with E-state index in [2.05, 4.69) is 30.9 Å². The standard InChI is InChI=1S/C17H20ClN3/c1-12(2)21(11-13-6-4-3-5-7-13)16-10-14(18)8-9-15(16)17(19)20/h3-10,12H,11H2,1-2H3,(H3,19,20). The molecule has 2 aromatic rings. The van der Waals surface area contributed by atoms with Crippen LogP contribution in [0.2, 0.25) is 5.02 Å². The molecule has 0 atom stereocenters. The topological polar surface area (TPSA) is 53.1 Å². The van der Waals surface area contributed by atoms with Crippen LogP contribution in [0, 0.1) is 5.41 Å². The number of nitrogen functional groups attached to an aromatic ring is 1. The number of nitrogens with zero attached hydrogens (tertiary/aromatic N) is 1. The maximum absolute atomic E-state index is 7.77. The molecule has 0 unspecified atom stereocenters.